The molecule has 0 heteroatoms. The van der Waals surface area contributed by atoms with E-state index >= 15 is 0 Å². The molecule has 0 amide bonds. The van der Waals surface area contributed by atoms with E-state index in [2.05, 4.69) is 34.6 Å². The molecule has 0 bridgehead atoms. The fourth-order valence-electron chi connectivity index (χ4n) is 9.14. The second-order valence-corrected chi connectivity index (χ2v) is 12.5. The molecule has 0 radical (unpaired) electrons. The van der Waals surface area contributed by atoms with Gasteiger partial charge in [-0.3, -0.25) is 0 Å². The highest BCUT2D eigenvalue weighted by Gasteiger charge is 2.59. The third-order valence-corrected chi connectivity index (χ3v) is 10.7. The largest absolute Gasteiger partial charge is 0.0628 e. The van der Waals surface area contributed by atoms with Crippen LogP contribution in [0.2, 0.25) is 0 Å². The summed E-state index contributed by atoms with van der Waals surface area (Å²) in [5, 5.41) is 0. The molecule has 4 aliphatic rings. The molecule has 0 aromatic heterocycles. The Hall–Kier alpha value is 0. The first-order valence-electron chi connectivity index (χ1n) is 12.8. The van der Waals surface area contributed by atoms with Gasteiger partial charge in [0.1, 0.15) is 0 Å². The predicted molar refractivity (Wildman–Crippen MR) is 118 cm³/mol. The molecule has 4 rings (SSSR count). The van der Waals surface area contributed by atoms with Gasteiger partial charge in [0.25, 0.3) is 0 Å². The van der Waals surface area contributed by atoms with Crippen molar-refractivity contribution >= 4 is 0 Å². The van der Waals surface area contributed by atoms with Gasteiger partial charge in [-0.25, -0.2) is 0 Å². The van der Waals surface area contributed by atoms with Crippen LogP contribution in [0, 0.1) is 52.3 Å². The lowest BCUT2D eigenvalue weighted by molar-refractivity contribution is -0.108. The van der Waals surface area contributed by atoms with Crippen LogP contribution in [-0.2, 0) is 0 Å². The first-order valence-corrected chi connectivity index (χ1v) is 12.8. The summed E-state index contributed by atoms with van der Waals surface area (Å²) >= 11 is 0. The second kappa shape index (κ2) is 7.68. The Morgan fingerprint density at radius 1 is 0.741 bits per heavy atom. The SMILES string of the molecule is CC(C)CCCC(C)C1CC[C@@]2(C)C1CC[C@H]1[C@@H]3CCCC[C@@]3(C)CC[C@@H]12. The summed E-state index contributed by atoms with van der Waals surface area (Å²) in [6.45, 7) is 12.8. The van der Waals surface area contributed by atoms with Gasteiger partial charge in [0, 0.05) is 0 Å². The minimum Gasteiger partial charge on any atom is -0.0628 e. The van der Waals surface area contributed by atoms with E-state index in [1.54, 1.807) is 44.9 Å². The van der Waals surface area contributed by atoms with E-state index in [1.165, 1.54) is 38.5 Å². The van der Waals surface area contributed by atoms with Gasteiger partial charge in [-0.05, 0) is 104 Å². The van der Waals surface area contributed by atoms with E-state index in [-0.39, 0.29) is 0 Å². The minimum atomic E-state index is 0.693. The van der Waals surface area contributed by atoms with E-state index in [4.69, 9.17) is 0 Å². The maximum Gasteiger partial charge on any atom is -0.0264 e. The number of fused-ring (bicyclic) bond motifs is 5. The zero-order valence-corrected chi connectivity index (χ0v) is 19.2. The molecule has 4 saturated carbocycles. The molecule has 3 unspecified atom stereocenters. The molecule has 156 valence electrons. The quantitative estimate of drug-likeness (QED) is 0.453. The van der Waals surface area contributed by atoms with Crippen molar-refractivity contribution in [1.82, 2.24) is 0 Å². The fourth-order valence-corrected chi connectivity index (χ4v) is 9.14. The highest BCUT2D eigenvalue weighted by molar-refractivity contribution is 5.08. The maximum atomic E-state index is 2.76. The summed E-state index contributed by atoms with van der Waals surface area (Å²) in [6.07, 6.45) is 19.9. The summed E-state index contributed by atoms with van der Waals surface area (Å²) in [4.78, 5) is 0. The summed E-state index contributed by atoms with van der Waals surface area (Å²) in [5.74, 6) is 7.18. The first-order chi connectivity index (χ1) is 12.8. The Morgan fingerprint density at radius 2 is 1.56 bits per heavy atom. The normalized spacial score (nSPS) is 48.0. The van der Waals surface area contributed by atoms with Gasteiger partial charge in [0.2, 0.25) is 0 Å². The molecule has 0 saturated heterocycles. The number of rotatable bonds is 5. The molecule has 27 heavy (non-hydrogen) atoms. The average molecular weight is 373 g/mol. The Bertz CT molecular complexity index is 506. The van der Waals surface area contributed by atoms with Crippen molar-refractivity contribution in [3.63, 3.8) is 0 Å². The second-order valence-electron chi connectivity index (χ2n) is 12.5. The molecule has 4 fully saturated rings. The third kappa shape index (κ3) is 3.54. The van der Waals surface area contributed by atoms with Crippen LogP contribution >= 0.6 is 0 Å². The van der Waals surface area contributed by atoms with E-state index in [0.29, 0.717) is 10.8 Å². The van der Waals surface area contributed by atoms with Crippen molar-refractivity contribution in [2.24, 2.45) is 52.3 Å². The lowest BCUT2D eigenvalue weighted by Gasteiger charge is -2.60. The van der Waals surface area contributed by atoms with Gasteiger partial charge < -0.3 is 0 Å². The maximum absolute atomic E-state index is 2.76. The zero-order valence-electron chi connectivity index (χ0n) is 19.2. The van der Waals surface area contributed by atoms with E-state index in [0.717, 1.165) is 41.4 Å². The van der Waals surface area contributed by atoms with E-state index < -0.39 is 0 Å². The summed E-state index contributed by atoms with van der Waals surface area (Å²) in [6, 6.07) is 0. The summed E-state index contributed by atoms with van der Waals surface area (Å²) in [5.41, 5.74) is 1.41. The number of hydrogen-bond donors (Lipinski definition) is 0. The van der Waals surface area contributed by atoms with Gasteiger partial charge in [-0.2, -0.15) is 0 Å². The molecule has 8 atom stereocenters. The third-order valence-electron chi connectivity index (χ3n) is 10.7. The molecule has 0 aromatic carbocycles. The highest BCUT2D eigenvalue weighted by Crippen LogP contribution is 2.68. The molecule has 4 aliphatic carbocycles. The van der Waals surface area contributed by atoms with Crippen molar-refractivity contribution < 1.29 is 0 Å². The molecular formula is C27H48. The van der Waals surface area contributed by atoms with Crippen LogP contribution in [0.4, 0.5) is 0 Å². The molecular weight excluding hydrogens is 324 g/mol. The highest BCUT2D eigenvalue weighted by atomic mass is 14.6. The van der Waals surface area contributed by atoms with Gasteiger partial charge in [-0.1, -0.05) is 66.7 Å². The van der Waals surface area contributed by atoms with Crippen molar-refractivity contribution in [2.45, 2.75) is 118 Å². The molecule has 0 nitrogen and oxygen atoms in total. The Morgan fingerprint density at radius 3 is 2.33 bits per heavy atom. The van der Waals surface area contributed by atoms with E-state index in [1.807, 2.05) is 0 Å². The fraction of sp³-hybridized carbons (Fsp3) is 1.00. The van der Waals surface area contributed by atoms with Gasteiger partial charge in [-0.15, -0.1) is 0 Å². The van der Waals surface area contributed by atoms with Gasteiger partial charge >= 0.3 is 0 Å². The molecule has 0 N–H and O–H groups in total. The summed E-state index contributed by atoms with van der Waals surface area (Å²) < 4.78 is 0. The Balaban J connectivity index is 1.45. The monoisotopic (exact) mass is 372 g/mol. The lowest BCUT2D eigenvalue weighted by atomic mass is 9.45. The minimum absolute atomic E-state index is 0.693. The molecule has 0 spiro atoms. The molecule has 0 aliphatic heterocycles. The molecule has 0 heterocycles. The Labute approximate surface area is 170 Å². The van der Waals surface area contributed by atoms with Crippen LogP contribution < -0.4 is 0 Å². The van der Waals surface area contributed by atoms with Crippen LogP contribution in [0.3, 0.4) is 0 Å². The van der Waals surface area contributed by atoms with Crippen LogP contribution in [-0.4, -0.2) is 0 Å². The lowest BCUT2D eigenvalue weighted by Crippen LogP contribution is -2.52. The van der Waals surface area contributed by atoms with Crippen LogP contribution in [0.15, 0.2) is 0 Å². The van der Waals surface area contributed by atoms with Crippen molar-refractivity contribution in [2.75, 3.05) is 0 Å². The average Bonchev–Trinajstić information content (AvgIpc) is 2.98. The first kappa shape index (κ1) is 20.3. The van der Waals surface area contributed by atoms with Crippen LogP contribution in [0.5, 0.6) is 0 Å². The van der Waals surface area contributed by atoms with Gasteiger partial charge in [0.05, 0.1) is 0 Å². The van der Waals surface area contributed by atoms with Crippen molar-refractivity contribution in [3.8, 4) is 0 Å². The predicted octanol–water partition coefficient (Wildman–Crippen LogP) is 8.50. The standard InChI is InChI=1S/C27H48/c1-19(2)9-8-10-20(3)21-14-18-27(5)24(21)13-12-22-23-11-6-7-16-26(23,4)17-15-25(22)27/h19-25H,6-18H2,1-5H3/t20?,21?,22-,23-,24?,25-,26-,27-/m0/s1. The topological polar surface area (TPSA) is 0 Å². The van der Waals surface area contributed by atoms with Crippen molar-refractivity contribution in [3.05, 3.63) is 0 Å². The molecule has 0 aromatic rings. The van der Waals surface area contributed by atoms with Crippen LogP contribution in [0.25, 0.3) is 0 Å². The van der Waals surface area contributed by atoms with E-state index in [9.17, 15) is 0 Å². The smallest absolute Gasteiger partial charge is 0.0264 e. The summed E-state index contributed by atoms with van der Waals surface area (Å²) in [7, 11) is 0. The number of hydrogen-bond acceptors (Lipinski definition) is 0. The van der Waals surface area contributed by atoms with Gasteiger partial charge in [0.15, 0.2) is 0 Å². The Kier molecular flexibility index (Phi) is 5.77. The zero-order chi connectivity index (χ0) is 19.2. The van der Waals surface area contributed by atoms with Crippen molar-refractivity contribution in [1.29, 1.82) is 0 Å². The van der Waals surface area contributed by atoms with Crippen LogP contribution in [0.1, 0.15) is 118 Å².